The van der Waals surface area contributed by atoms with Crippen LogP contribution in [0.25, 0.3) is 0 Å². The van der Waals surface area contributed by atoms with Crippen LogP contribution in [0.15, 0.2) is 59.5 Å². The summed E-state index contributed by atoms with van der Waals surface area (Å²) >= 11 is 1.64. The van der Waals surface area contributed by atoms with E-state index in [4.69, 9.17) is 4.74 Å². The number of thioether (sulfide) groups is 1. The fraction of sp³-hybridized carbons (Fsp3) is 0.200. The summed E-state index contributed by atoms with van der Waals surface area (Å²) in [6.07, 6.45) is -0.432. The monoisotopic (exact) mass is 260 g/mol. The van der Waals surface area contributed by atoms with Crippen molar-refractivity contribution in [1.82, 2.24) is 0 Å². The lowest BCUT2D eigenvalue weighted by Crippen LogP contribution is -1.99. The van der Waals surface area contributed by atoms with E-state index in [0.717, 1.165) is 16.2 Å². The average molecular weight is 260 g/mol. The molecule has 0 spiro atoms. The summed E-state index contributed by atoms with van der Waals surface area (Å²) < 4.78 is 5.11. The molecular weight excluding hydrogens is 244 g/mol. The smallest absolute Gasteiger partial charge is 0.118 e. The Morgan fingerprint density at radius 1 is 1.06 bits per heavy atom. The average Bonchev–Trinajstić information content (AvgIpc) is 2.46. The van der Waals surface area contributed by atoms with Gasteiger partial charge in [0.25, 0.3) is 0 Å². The van der Waals surface area contributed by atoms with E-state index in [9.17, 15) is 5.11 Å². The van der Waals surface area contributed by atoms with Gasteiger partial charge in [0, 0.05) is 10.6 Å². The lowest BCUT2D eigenvalue weighted by Gasteiger charge is -2.10. The van der Waals surface area contributed by atoms with Crippen LogP contribution in [0.4, 0.5) is 0 Å². The second-order valence-electron chi connectivity index (χ2n) is 3.91. The molecule has 2 aromatic carbocycles. The Hall–Kier alpha value is -1.45. The van der Waals surface area contributed by atoms with E-state index in [1.807, 2.05) is 54.6 Å². The van der Waals surface area contributed by atoms with Gasteiger partial charge in [-0.15, -0.1) is 11.8 Å². The SMILES string of the molecule is COc1ccc(SCC(O)c2ccccc2)cc1. The molecule has 0 aliphatic carbocycles. The highest BCUT2D eigenvalue weighted by Gasteiger charge is 2.07. The van der Waals surface area contributed by atoms with E-state index in [0.29, 0.717) is 5.75 Å². The molecule has 0 aliphatic rings. The number of methoxy groups -OCH3 is 1. The fourth-order valence-corrected chi connectivity index (χ4v) is 2.49. The molecule has 0 radical (unpaired) electrons. The Morgan fingerprint density at radius 2 is 1.72 bits per heavy atom. The molecule has 0 fully saturated rings. The van der Waals surface area contributed by atoms with Crippen LogP contribution in [-0.4, -0.2) is 18.0 Å². The minimum absolute atomic E-state index is 0.432. The number of hydrogen-bond donors (Lipinski definition) is 1. The van der Waals surface area contributed by atoms with E-state index in [-0.39, 0.29) is 0 Å². The first-order chi connectivity index (χ1) is 8.79. The highest BCUT2D eigenvalue weighted by molar-refractivity contribution is 7.99. The molecule has 2 nitrogen and oxygen atoms in total. The number of rotatable bonds is 5. The van der Waals surface area contributed by atoms with Crippen LogP contribution in [0.1, 0.15) is 11.7 Å². The van der Waals surface area contributed by atoms with Gasteiger partial charge in [-0.2, -0.15) is 0 Å². The molecule has 0 aliphatic heterocycles. The fourth-order valence-electron chi connectivity index (χ4n) is 1.62. The zero-order valence-electron chi connectivity index (χ0n) is 10.2. The lowest BCUT2D eigenvalue weighted by molar-refractivity contribution is 0.204. The van der Waals surface area contributed by atoms with Crippen LogP contribution in [0.2, 0.25) is 0 Å². The van der Waals surface area contributed by atoms with Crippen LogP contribution in [-0.2, 0) is 0 Å². The molecule has 0 heterocycles. The molecule has 0 saturated carbocycles. The van der Waals surface area contributed by atoms with E-state index in [2.05, 4.69) is 0 Å². The third kappa shape index (κ3) is 3.52. The molecule has 94 valence electrons. The Kier molecular flexibility index (Phi) is 4.67. The summed E-state index contributed by atoms with van der Waals surface area (Å²) in [4.78, 5) is 1.13. The van der Waals surface area contributed by atoms with Gasteiger partial charge in [-0.1, -0.05) is 30.3 Å². The number of ether oxygens (including phenoxy) is 1. The molecule has 1 N–H and O–H groups in total. The maximum absolute atomic E-state index is 10.0. The molecular formula is C15H16O2S. The van der Waals surface area contributed by atoms with Crippen molar-refractivity contribution >= 4 is 11.8 Å². The predicted octanol–water partition coefficient (Wildman–Crippen LogP) is 3.52. The molecule has 1 atom stereocenters. The van der Waals surface area contributed by atoms with Gasteiger partial charge in [0.1, 0.15) is 5.75 Å². The van der Waals surface area contributed by atoms with Gasteiger partial charge in [0.05, 0.1) is 13.2 Å². The highest BCUT2D eigenvalue weighted by Crippen LogP contribution is 2.26. The Bertz CT molecular complexity index is 468. The molecule has 1 unspecified atom stereocenters. The molecule has 3 heteroatoms. The molecule has 18 heavy (non-hydrogen) atoms. The minimum atomic E-state index is -0.432. The van der Waals surface area contributed by atoms with Crippen molar-refractivity contribution in [2.24, 2.45) is 0 Å². The largest absolute Gasteiger partial charge is 0.497 e. The Labute approximate surface area is 112 Å². The Morgan fingerprint density at radius 3 is 2.33 bits per heavy atom. The van der Waals surface area contributed by atoms with Crippen molar-refractivity contribution in [1.29, 1.82) is 0 Å². The van der Waals surface area contributed by atoms with E-state index in [1.54, 1.807) is 18.9 Å². The summed E-state index contributed by atoms with van der Waals surface area (Å²) in [5, 5.41) is 10.0. The molecule has 2 aromatic rings. The van der Waals surface area contributed by atoms with Gasteiger partial charge in [-0.25, -0.2) is 0 Å². The number of hydrogen-bond acceptors (Lipinski definition) is 3. The van der Waals surface area contributed by atoms with Crippen molar-refractivity contribution in [3.05, 3.63) is 60.2 Å². The van der Waals surface area contributed by atoms with Gasteiger partial charge in [0.2, 0.25) is 0 Å². The highest BCUT2D eigenvalue weighted by atomic mass is 32.2. The molecule has 2 rings (SSSR count). The van der Waals surface area contributed by atoms with Crippen molar-refractivity contribution < 1.29 is 9.84 Å². The first kappa shape index (κ1) is 13.0. The molecule has 0 bridgehead atoms. The topological polar surface area (TPSA) is 29.5 Å². The maximum atomic E-state index is 10.0. The second-order valence-corrected chi connectivity index (χ2v) is 5.01. The maximum Gasteiger partial charge on any atom is 0.118 e. The zero-order chi connectivity index (χ0) is 12.8. The normalized spacial score (nSPS) is 12.1. The van der Waals surface area contributed by atoms with Gasteiger partial charge >= 0.3 is 0 Å². The van der Waals surface area contributed by atoms with Crippen LogP contribution >= 0.6 is 11.8 Å². The second kappa shape index (κ2) is 6.47. The van der Waals surface area contributed by atoms with Crippen molar-refractivity contribution in [2.75, 3.05) is 12.9 Å². The van der Waals surface area contributed by atoms with Crippen molar-refractivity contribution in [2.45, 2.75) is 11.0 Å². The third-order valence-electron chi connectivity index (χ3n) is 2.65. The number of benzene rings is 2. The summed E-state index contributed by atoms with van der Waals surface area (Å²) in [6, 6.07) is 17.6. The Balaban J connectivity index is 1.91. The van der Waals surface area contributed by atoms with Crippen molar-refractivity contribution in [3.8, 4) is 5.75 Å². The van der Waals surface area contributed by atoms with Gasteiger partial charge in [-0.3, -0.25) is 0 Å². The van der Waals surface area contributed by atoms with Crippen molar-refractivity contribution in [3.63, 3.8) is 0 Å². The first-order valence-corrected chi connectivity index (χ1v) is 6.78. The zero-order valence-corrected chi connectivity index (χ0v) is 11.1. The van der Waals surface area contributed by atoms with Gasteiger partial charge < -0.3 is 9.84 Å². The summed E-state index contributed by atoms with van der Waals surface area (Å²) in [5.74, 6) is 1.50. The van der Waals surface area contributed by atoms with E-state index < -0.39 is 6.10 Å². The predicted molar refractivity (Wildman–Crippen MR) is 75.1 cm³/mol. The lowest BCUT2D eigenvalue weighted by atomic mass is 10.1. The van der Waals surface area contributed by atoms with E-state index >= 15 is 0 Å². The molecule has 0 saturated heterocycles. The van der Waals surface area contributed by atoms with Crippen LogP contribution in [0, 0.1) is 0 Å². The third-order valence-corrected chi connectivity index (χ3v) is 3.74. The van der Waals surface area contributed by atoms with Crippen LogP contribution < -0.4 is 4.74 Å². The van der Waals surface area contributed by atoms with Gasteiger partial charge in [0.15, 0.2) is 0 Å². The van der Waals surface area contributed by atoms with Gasteiger partial charge in [-0.05, 0) is 29.8 Å². The van der Waals surface area contributed by atoms with Crippen LogP contribution in [0.3, 0.4) is 0 Å². The molecule has 0 aromatic heterocycles. The summed E-state index contributed by atoms with van der Waals surface area (Å²) in [7, 11) is 1.65. The quantitative estimate of drug-likeness (QED) is 0.834. The van der Waals surface area contributed by atoms with E-state index in [1.165, 1.54) is 0 Å². The minimum Gasteiger partial charge on any atom is -0.497 e. The number of aliphatic hydroxyl groups excluding tert-OH is 1. The molecule has 0 amide bonds. The standard InChI is InChI=1S/C15H16O2S/c1-17-13-7-9-14(10-8-13)18-11-15(16)12-5-3-2-4-6-12/h2-10,15-16H,11H2,1H3. The number of aliphatic hydroxyl groups is 1. The van der Waals surface area contributed by atoms with Crippen LogP contribution in [0.5, 0.6) is 5.75 Å². The first-order valence-electron chi connectivity index (χ1n) is 5.79. The summed E-state index contributed by atoms with van der Waals surface area (Å²) in [5.41, 5.74) is 0.957. The summed E-state index contributed by atoms with van der Waals surface area (Å²) in [6.45, 7) is 0.